The van der Waals surface area contributed by atoms with E-state index in [2.05, 4.69) is 48.7 Å². The Bertz CT molecular complexity index is 3410. The third-order valence-electron chi connectivity index (χ3n) is 9.10. The van der Waals surface area contributed by atoms with Gasteiger partial charge in [-0.15, -0.1) is 24.0 Å². The van der Waals surface area contributed by atoms with E-state index in [1.807, 2.05) is 0 Å². The summed E-state index contributed by atoms with van der Waals surface area (Å²) in [5.41, 5.74) is -1.53. The lowest BCUT2D eigenvalue weighted by molar-refractivity contribution is -0.434. The lowest BCUT2D eigenvalue weighted by Crippen LogP contribution is -2.36. The number of hydrogen-bond acceptors (Lipinski definition) is 27. The van der Waals surface area contributed by atoms with Crippen molar-refractivity contribution in [2.75, 3.05) is 53.1 Å². The zero-order chi connectivity index (χ0) is 52.9. The van der Waals surface area contributed by atoms with Crippen molar-refractivity contribution in [1.82, 2.24) is 0 Å². The molecule has 0 unspecified atom stereocenters. The Morgan fingerprint density at radius 3 is 2.07 bits per heavy atom. The molecule has 0 atom stereocenters. The lowest BCUT2D eigenvalue weighted by Gasteiger charge is -2.23. The summed E-state index contributed by atoms with van der Waals surface area (Å²) in [6.07, 6.45) is 0. The molecule has 0 aliphatic carbocycles. The minimum Gasteiger partial charge on any atom is -0.505 e. The summed E-state index contributed by atoms with van der Waals surface area (Å²) in [6, 6.07) is 19.1. The Labute approximate surface area is 417 Å². The number of aromatic hydroxyl groups is 1. The zero-order valence-electron chi connectivity index (χ0n) is 35.8. The van der Waals surface area contributed by atoms with E-state index in [1.54, 1.807) is 18.2 Å². The molecule has 36 heteroatoms. The number of rotatable bonds is 27. The van der Waals surface area contributed by atoms with Gasteiger partial charge in [-0.1, -0.05) is 34.3 Å². The van der Waals surface area contributed by atoms with Crippen LogP contribution in [0.4, 0.5) is 34.1 Å². The largest absolute Gasteiger partial charge is 0.505 e. The van der Waals surface area contributed by atoms with E-state index < -0.39 is 132 Å². The Morgan fingerprint density at radius 1 is 0.694 bits per heavy atom. The van der Waals surface area contributed by atoms with Crippen molar-refractivity contribution >= 4 is 125 Å². The topological polar surface area (TPSA) is 429 Å². The van der Waals surface area contributed by atoms with Gasteiger partial charge in [-0.2, -0.15) is 30.4 Å². The first kappa shape index (κ1) is 57.5. The Hall–Kier alpha value is -5.36. The van der Waals surface area contributed by atoms with E-state index in [0.29, 0.717) is 6.07 Å². The first-order chi connectivity index (χ1) is 33.8. The number of hydrogen-bond donors (Lipinski definition) is 7. The Balaban J connectivity index is 1.55. The molecule has 5 rings (SSSR count). The van der Waals surface area contributed by atoms with Crippen LogP contribution < -0.4 is 10.2 Å². The summed E-state index contributed by atoms with van der Waals surface area (Å²) in [4.78, 5) is 13.1. The van der Waals surface area contributed by atoms with Crippen molar-refractivity contribution in [3.63, 3.8) is 0 Å². The molecule has 0 bridgehead atoms. The highest BCUT2D eigenvalue weighted by Crippen LogP contribution is 2.48. The standard InChI is InChI=1S/C36H36N6O23S7/c43-35-27-10-12-30(37-22-70(51,52)53)33(40-39-29-11-9-26(20-32(29)71(54,55)56)69(49,50)18-14-60-67-65-63-46)28(27)21-31(66-64-62-45)34(35)41-38-24-6-4-5-23(19-24)36(44)42(25-7-2-1-3-8-25)13-16-68(47,48)17-15-61-72(57,58)59/h1-12,19-21,37,43,45-46H,13-18,22H2,(H,51,52,53)(H,54,55,56)(H,57,58,59)/b40-39+,41-38+. The number of nitrogens with zero attached hydrogens (tertiary/aromatic N) is 5. The second-order valence-electron chi connectivity index (χ2n) is 13.9. The number of benzene rings is 5. The van der Waals surface area contributed by atoms with Crippen molar-refractivity contribution in [2.45, 2.75) is 14.7 Å². The van der Waals surface area contributed by atoms with E-state index in [9.17, 15) is 61.1 Å². The predicted molar refractivity (Wildman–Crippen MR) is 252 cm³/mol. The van der Waals surface area contributed by atoms with Crippen LogP contribution in [-0.4, -0.2) is 120 Å². The van der Waals surface area contributed by atoms with Gasteiger partial charge in [-0.25, -0.2) is 31.5 Å². The first-order valence-electron chi connectivity index (χ1n) is 19.2. The molecule has 1 amide bonds. The van der Waals surface area contributed by atoms with Gasteiger partial charge in [-0.05, 0) is 66.7 Å². The van der Waals surface area contributed by atoms with Gasteiger partial charge in [0.05, 0.1) is 63.7 Å². The van der Waals surface area contributed by atoms with Crippen LogP contribution in [0.2, 0.25) is 0 Å². The van der Waals surface area contributed by atoms with Gasteiger partial charge < -0.3 is 15.3 Å². The summed E-state index contributed by atoms with van der Waals surface area (Å²) in [6.45, 7) is -1.86. The number of azo groups is 2. The average Bonchev–Trinajstić information content (AvgIpc) is 3.31. The summed E-state index contributed by atoms with van der Waals surface area (Å²) in [5.74, 6) is -4.81. The summed E-state index contributed by atoms with van der Waals surface area (Å²) in [5, 5.41) is 54.1. The number of amides is 1. The van der Waals surface area contributed by atoms with Crippen LogP contribution in [0.1, 0.15) is 10.4 Å². The predicted octanol–water partition coefficient (Wildman–Crippen LogP) is 5.96. The van der Waals surface area contributed by atoms with E-state index in [4.69, 9.17) is 19.3 Å². The average molecular weight is 1150 g/mol. The SMILES string of the molecule is O=C(c1cccc(/N=N/c2c(SOOO)cc3c(/N=N/c4ccc(S(=O)(=O)CCOSOOO)cc4S(=O)(=O)O)c(NCS(=O)(=O)O)ccc3c2O)c1)N(CCS(=O)(=O)CCOS(=O)(=O)O)c1ccccc1. The molecule has 0 saturated carbocycles. The van der Waals surface area contributed by atoms with Crippen LogP contribution in [0, 0.1) is 0 Å². The van der Waals surface area contributed by atoms with Crippen molar-refractivity contribution in [1.29, 1.82) is 0 Å². The molecule has 0 saturated heterocycles. The number of carbonyl (C=O) groups excluding carboxylic acids is 1. The van der Waals surface area contributed by atoms with Crippen molar-refractivity contribution < 1.29 is 103 Å². The van der Waals surface area contributed by atoms with Gasteiger partial charge in [0.15, 0.2) is 37.7 Å². The second-order valence-corrected chi connectivity index (χ2v) is 23.5. The van der Waals surface area contributed by atoms with E-state index in [0.717, 1.165) is 29.2 Å². The molecule has 72 heavy (non-hydrogen) atoms. The molecule has 5 aromatic carbocycles. The lowest BCUT2D eigenvalue weighted by atomic mass is 10.1. The van der Waals surface area contributed by atoms with Crippen LogP contribution in [0.3, 0.4) is 0 Å². The molecule has 0 aromatic heterocycles. The minimum absolute atomic E-state index is 0.0265. The zero-order valence-corrected chi connectivity index (χ0v) is 41.5. The summed E-state index contributed by atoms with van der Waals surface area (Å²) < 4.78 is 167. The molecule has 5 aromatic rings. The van der Waals surface area contributed by atoms with Gasteiger partial charge in [0, 0.05) is 28.6 Å². The van der Waals surface area contributed by atoms with Crippen LogP contribution in [0.15, 0.2) is 126 Å². The van der Waals surface area contributed by atoms with E-state index in [1.165, 1.54) is 42.5 Å². The van der Waals surface area contributed by atoms with Crippen molar-refractivity contribution in [3.8, 4) is 5.75 Å². The highest BCUT2D eigenvalue weighted by atomic mass is 32.3. The molecule has 390 valence electrons. The normalized spacial score (nSPS) is 12.8. The first-order valence-corrected chi connectivity index (χ1v) is 28.5. The van der Waals surface area contributed by atoms with E-state index >= 15 is 0 Å². The number of fused-ring (bicyclic) bond motifs is 1. The maximum Gasteiger partial charge on any atom is 0.397 e. The monoisotopic (exact) mass is 1140 g/mol. The molecule has 0 spiro atoms. The Morgan fingerprint density at radius 2 is 1.40 bits per heavy atom. The summed E-state index contributed by atoms with van der Waals surface area (Å²) in [7, 11) is -23.3. The van der Waals surface area contributed by atoms with Gasteiger partial charge >= 0.3 is 10.4 Å². The van der Waals surface area contributed by atoms with Gasteiger partial charge in [-0.3, -0.25) is 22.6 Å². The Kier molecular flexibility index (Phi) is 20.0. The maximum atomic E-state index is 14.0. The van der Waals surface area contributed by atoms with Gasteiger partial charge in [0.1, 0.15) is 27.8 Å². The smallest absolute Gasteiger partial charge is 0.397 e. The molecule has 0 heterocycles. The third-order valence-corrected chi connectivity index (χ3v) is 15.2. The van der Waals surface area contributed by atoms with Crippen LogP contribution in [0.5, 0.6) is 5.75 Å². The molecule has 0 fully saturated rings. The van der Waals surface area contributed by atoms with Crippen LogP contribution >= 0.6 is 24.4 Å². The molecule has 29 nitrogen and oxygen atoms in total. The number of nitrogens with one attached hydrogen (secondary N) is 1. The van der Waals surface area contributed by atoms with Gasteiger partial charge in [0.2, 0.25) is 0 Å². The quantitative estimate of drug-likeness (QED) is 0.00795. The van der Waals surface area contributed by atoms with Crippen molar-refractivity contribution in [3.05, 3.63) is 96.6 Å². The maximum absolute atomic E-state index is 14.0. The number of anilines is 2. The molecule has 0 radical (unpaired) electrons. The van der Waals surface area contributed by atoms with Gasteiger partial charge in [0.25, 0.3) is 26.1 Å². The number of phenols is 1. The fourth-order valence-electron chi connectivity index (χ4n) is 5.96. The summed E-state index contributed by atoms with van der Waals surface area (Å²) >= 11 is 0.299. The third kappa shape index (κ3) is 16.9. The van der Waals surface area contributed by atoms with Crippen LogP contribution in [-0.2, 0) is 77.4 Å². The highest BCUT2D eigenvalue weighted by Gasteiger charge is 2.25. The molecular formula is C36H36N6O23S7. The van der Waals surface area contributed by atoms with E-state index in [-0.39, 0.29) is 62.7 Å². The second kappa shape index (κ2) is 25.0. The highest BCUT2D eigenvalue weighted by molar-refractivity contribution is 7.94. The molecule has 7 N–H and O–H groups in total. The number of phenolic OH excluding ortho intramolecular Hbond substituents is 1. The number of para-hydroxylation sites is 1. The van der Waals surface area contributed by atoms with Crippen molar-refractivity contribution in [2.24, 2.45) is 20.5 Å². The molecular weight excluding hydrogens is 1110 g/mol. The minimum atomic E-state index is -5.27. The number of carbonyl (C=O) groups is 1. The molecule has 0 aliphatic heterocycles. The fourth-order valence-corrected chi connectivity index (χ4v) is 10.3. The molecule has 0 aliphatic rings. The fraction of sp³-hybridized carbons (Fsp3) is 0.194. The number of sulfone groups is 2. The van der Waals surface area contributed by atoms with Crippen LogP contribution in [0.25, 0.3) is 10.8 Å².